The Morgan fingerprint density at radius 1 is 0.977 bits per heavy atom. The summed E-state index contributed by atoms with van der Waals surface area (Å²) in [5.41, 5.74) is 2.08. The van der Waals surface area contributed by atoms with Gasteiger partial charge < -0.3 is 34.2 Å². The smallest absolute Gasteiger partial charge is 0.330 e. The average Bonchev–Trinajstić information content (AvgIpc) is 3.37. The van der Waals surface area contributed by atoms with E-state index in [1.165, 1.54) is 10.8 Å². The second-order valence-corrected chi connectivity index (χ2v) is 10.8. The van der Waals surface area contributed by atoms with Crippen LogP contribution in [0.1, 0.15) is 28.7 Å². The lowest BCUT2D eigenvalue weighted by Crippen LogP contribution is -2.59. The van der Waals surface area contributed by atoms with E-state index in [0.29, 0.717) is 28.2 Å². The molecule has 0 radical (unpaired) electrons. The minimum absolute atomic E-state index is 0.116. The zero-order valence-electron chi connectivity index (χ0n) is 24.5. The minimum atomic E-state index is -2.12. The number of nitrogens with two attached hydrogens (primary N) is 1. The number of H-pyrrole nitrogens is 1. The predicted octanol–water partition coefficient (Wildman–Crippen LogP) is 1.85. The number of nitrogens with one attached hydrogen (secondary N) is 1. The van der Waals surface area contributed by atoms with Gasteiger partial charge in [0.25, 0.3) is 5.56 Å². The Bertz CT molecular complexity index is 1630. The maximum atomic E-state index is 13.8. The van der Waals surface area contributed by atoms with E-state index in [-0.39, 0.29) is 12.0 Å². The Morgan fingerprint density at radius 3 is 1.95 bits per heavy atom. The zero-order valence-corrected chi connectivity index (χ0v) is 25.3. The number of aromatic amines is 1. The monoisotopic (exact) mass is 625 g/mol. The van der Waals surface area contributed by atoms with Crippen molar-refractivity contribution in [3.05, 3.63) is 128 Å². The van der Waals surface area contributed by atoms with Crippen LogP contribution < -0.4 is 26.2 Å². The number of aromatic nitrogens is 2. The van der Waals surface area contributed by atoms with E-state index in [0.717, 1.165) is 0 Å². The number of hydrogen-bond acceptors (Lipinski definition) is 10. The number of aliphatic hydroxyl groups is 2. The van der Waals surface area contributed by atoms with Gasteiger partial charge in [-0.05, 0) is 24.6 Å². The molecule has 0 aliphatic carbocycles. The summed E-state index contributed by atoms with van der Waals surface area (Å²) in [6.07, 6.45) is -0.867. The molecule has 1 aromatic heterocycles. The summed E-state index contributed by atoms with van der Waals surface area (Å²) in [6, 6.07) is 24.2. The summed E-state index contributed by atoms with van der Waals surface area (Å²) in [6.45, 7) is 1.09. The number of aryl methyl sites for hydroxylation is 1. The van der Waals surface area contributed by atoms with Gasteiger partial charge in [0, 0.05) is 29.3 Å². The summed E-state index contributed by atoms with van der Waals surface area (Å²) in [5.74, 6) is 0.993. The minimum Gasteiger partial charge on any atom is -0.496 e. The molecule has 7 N–H and O–H groups in total. The first-order valence-electron chi connectivity index (χ1n) is 13.6. The summed E-state index contributed by atoms with van der Waals surface area (Å²) < 4.78 is 19.9. The van der Waals surface area contributed by atoms with E-state index in [4.69, 9.17) is 24.0 Å². The van der Waals surface area contributed by atoms with Gasteiger partial charge in [0.1, 0.15) is 23.0 Å². The van der Waals surface area contributed by atoms with Crippen molar-refractivity contribution in [2.24, 2.45) is 5.50 Å². The molecule has 44 heavy (non-hydrogen) atoms. The number of aliphatic hydroxyl groups excluding tert-OH is 2. The van der Waals surface area contributed by atoms with Crippen LogP contribution in [0.15, 0.2) is 94.6 Å². The van der Waals surface area contributed by atoms with Crippen LogP contribution in [0.5, 0.6) is 11.5 Å². The van der Waals surface area contributed by atoms with Crippen molar-refractivity contribution in [3.8, 4) is 11.5 Å². The highest BCUT2D eigenvalue weighted by Gasteiger charge is 2.65. The highest BCUT2D eigenvalue weighted by molar-refractivity contribution is 7.42. The van der Waals surface area contributed by atoms with E-state index < -0.39 is 49.7 Å². The predicted molar refractivity (Wildman–Crippen MR) is 164 cm³/mol. The summed E-state index contributed by atoms with van der Waals surface area (Å²) >= 11 is 0. The van der Waals surface area contributed by atoms with Crippen LogP contribution in [0.4, 0.5) is 0 Å². The molecular weight excluding hydrogens is 589 g/mol. The van der Waals surface area contributed by atoms with Crippen molar-refractivity contribution in [2.45, 2.75) is 36.7 Å². The molecule has 12 nitrogen and oxygen atoms in total. The van der Waals surface area contributed by atoms with E-state index in [2.05, 4.69) is 10.5 Å². The van der Waals surface area contributed by atoms with E-state index in [1.54, 1.807) is 21.1 Å². The molecule has 13 heteroatoms. The molecule has 0 unspecified atom stereocenters. The maximum Gasteiger partial charge on any atom is 0.330 e. The standard InChI is InChI=1S/C31H32N2O7.H4NO2P/c1-20-18-33(29(37)32-28(20)36)30(17-24(35)27(19-34)40-30)31(21-11-5-4-6-12-21,22-13-7-9-15-25(22)38-2)23-14-8-10-16-26(23)39-3;1-4(2)3/h4-16,18,24,27,34-35H,17,19H2,1-3H3,(H,32,36,37);2-3H,1H2/t24-,27+,30-;/m0./s1. The van der Waals surface area contributed by atoms with Gasteiger partial charge in [0.05, 0.1) is 26.9 Å². The second kappa shape index (κ2) is 13.8. The van der Waals surface area contributed by atoms with Crippen molar-refractivity contribution >= 4 is 8.53 Å². The number of benzene rings is 3. The molecular formula is C31H36N3O9P. The van der Waals surface area contributed by atoms with Crippen LogP contribution in [0, 0.1) is 6.92 Å². The molecule has 1 fully saturated rings. The van der Waals surface area contributed by atoms with Gasteiger partial charge in [-0.1, -0.05) is 66.7 Å². The number of nitrogens with zero attached hydrogens (tertiary/aromatic N) is 1. The molecule has 234 valence electrons. The highest BCUT2D eigenvalue weighted by Crippen LogP contribution is 2.59. The molecule has 1 aliphatic rings. The van der Waals surface area contributed by atoms with Crippen molar-refractivity contribution in [1.29, 1.82) is 0 Å². The fourth-order valence-electron chi connectivity index (χ4n) is 6.06. The first-order chi connectivity index (χ1) is 21.1. The van der Waals surface area contributed by atoms with Gasteiger partial charge in [-0.25, -0.2) is 4.79 Å². The lowest BCUT2D eigenvalue weighted by molar-refractivity contribution is -0.148. The molecule has 3 atom stereocenters. The molecule has 0 amide bonds. The van der Waals surface area contributed by atoms with Gasteiger partial charge in [-0.2, -0.15) is 0 Å². The van der Waals surface area contributed by atoms with Crippen LogP contribution in [-0.4, -0.2) is 62.6 Å². The largest absolute Gasteiger partial charge is 0.496 e. The molecule has 5 rings (SSSR count). The molecule has 0 spiro atoms. The fourth-order valence-corrected chi connectivity index (χ4v) is 6.06. The Kier molecular flexibility index (Phi) is 10.4. The number of para-hydroxylation sites is 2. The van der Waals surface area contributed by atoms with Crippen LogP contribution in [0.25, 0.3) is 0 Å². The zero-order chi connectivity index (χ0) is 32.1. The Labute approximate surface area is 254 Å². The van der Waals surface area contributed by atoms with E-state index in [1.807, 2.05) is 78.9 Å². The molecule has 1 saturated heterocycles. The quantitative estimate of drug-likeness (QED) is 0.125. The van der Waals surface area contributed by atoms with Crippen molar-refractivity contribution in [3.63, 3.8) is 0 Å². The molecule has 0 saturated carbocycles. The van der Waals surface area contributed by atoms with E-state index >= 15 is 0 Å². The molecule has 1 aliphatic heterocycles. The Morgan fingerprint density at radius 2 is 1.48 bits per heavy atom. The van der Waals surface area contributed by atoms with Gasteiger partial charge in [0.2, 0.25) is 8.53 Å². The van der Waals surface area contributed by atoms with E-state index in [9.17, 15) is 19.8 Å². The first-order valence-corrected chi connectivity index (χ1v) is 14.9. The average molecular weight is 626 g/mol. The maximum absolute atomic E-state index is 13.8. The lowest BCUT2D eigenvalue weighted by atomic mass is 9.61. The van der Waals surface area contributed by atoms with Gasteiger partial charge in [0.15, 0.2) is 5.72 Å². The molecule has 2 heterocycles. The second-order valence-electron chi connectivity index (χ2n) is 10.2. The van der Waals surface area contributed by atoms with Crippen LogP contribution in [0.2, 0.25) is 0 Å². The molecule has 0 bridgehead atoms. The third kappa shape index (κ3) is 5.81. The van der Waals surface area contributed by atoms with Crippen molar-refractivity contribution in [2.75, 3.05) is 20.8 Å². The SMILES string of the molecule is COc1ccccc1C(c1ccccc1)(c1ccccc1OC)[C@]1(n2cc(C)c(=O)[nH]c2=O)C[C@H](O)[C@@H](CO)O1.NP(O)O. The van der Waals surface area contributed by atoms with Crippen molar-refractivity contribution < 1.29 is 34.2 Å². The van der Waals surface area contributed by atoms with Crippen molar-refractivity contribution in [1.82, 2.24) is 9.55 Å². The third-order valence-corrected chi connectivity index (χ3v) is 7.77. The number of hydrogen-bond donors (Lipinski definition) is 6. The molecule has 3 aromatic carbocycles. The van der Waals surface area contributed by atoms with Gasteiger partial charge >= 0.3 is 5.69 Å². The highest BCUT2D eigenvalue weighted by atomic mass is 31.2. The molecule has 4 aromatic rings. The van der Waals surface area contributed by atoms with Gasteiger partial charge in [-0.3, -0.25) is 19.8 Å². The van der Waals surface area contributed by atoms with Crippen LogP contribution >= 0.6 is 8.53 Å². The van der Waals surface area contributed by atoms with Crippen LogP contribution in [-0.2, 0) is 15.9 Å². The number of rotatable bonds is 8. The third-order valence-electron chi connectivity index (χ3n) is 7.77. The topological polar surface area (TPSA) is 189 Å². The lowest BCUT2D eigenvalue weighted by Gasteiger charge is -2.50. The number of ether oxygens (including phenoxy) is 3. The number of methoxy groups -OCH3 is 2. The van der Waals surface area contributed by atoms with Gasteiger partial charge in [-0.15, -0.1) is 0 Å². The summed E-state index contributed by atoms with van der Waals surface area (Å²) in [5, 5.41) is 21.6. The fraction of sp³-hybridized carbons (Fsp3) is 0.290. The Hall–Kier alpha value is -3.87. The Balaban J connectivity index is 0.00000104. The summed E-state index contributed by atoms with van der Waals surface area (Å²) in [7, 11) is 0.992. The first kappa shape index (κ1) is 33.0. The summed E-state index contributed by atoms with van der Waals surface area (Å²) in [4.78, 5) is 43.6. The van der Waals surface area contributed by atoms with Crippen LogP contribution in [0.3, 0.4) is 0 Å². The normalized spacial score (nSPS) is 19.8.